The van der Waals surface area contributed by atoms with E-state index in [2.05, 4.69) is 28.1 Å². The highest BCUT2D eigenvalue weighted by Gasteiger charge is 2.24. The highest BCUT2D eigenvalue weighted by Crippen LogP contribution is 2.31. The van der Waals surface area contributed by atoms with Crippen molar-refractivity contribution < 1.29 is 9.47 Å². The number of aromatic nitrogens is 4. The lowest BCUT2D eigenvalue weighted by molar-refractivity contribution is 0.197. The van der Waals surface area contributed by atoms with Crippen LogP contribution in [0.15, 0.2) is 42.9 Å². The van der Waals surface area contributed by atoms with Crippen molar-refractivity contribution in [3.63, 3.8) is 0 Å². The van der Waals surface area contributed by atoms with Crippen LogP contribution in [0, 0.1) is 6.92 Å². The van der Waals surface area contributed by atoms with Gasteiger partial charge in [-0.2, -0.15) is 5.10 Å². The average molecular weight is 393 g/mol. The Bertz CT molecular complexity index is 971. The maximum atomic E-state index is 5.95. The van der Waals surface area contributed by atoms with Crippen molar-refractivity contribution in [1.82, 2.24) is 24.6 Å². The zero-order chi connectivity index (χ0) is 20.2. The maximum absolute atomic E-state index is 5.95. The van der Waals surface area contributed by atoms with E-state index in [1.807, 2.05) is 42.2 Å². The summed E-state index contributed by atoms with van der Waals surface area (Å²) in [6.07, 6.45) is 7.87. The third-order valence-corrected chi connectivity index (χ3v) is 5.35. The minimum atomic E-state index is 0.342. The lowest BCUT2D eigenvalue weighted by atomic mass is 9.94. The van der Waals surface area contributed by atoms with Crippen LogP contribution in [0.25, 0.3) is 0 Å². The molecule has 7 nitrogen and oxygen atoms in total. The van der Waals surface area contributed by atoms with Gasteiger partial charge in [-0.05, 0) is 38.4 Å². The summed E-state index contributed by atoms with van der Waals surface area (Å²) in [5.41, 5.74) is 3.36. The molecule has 0 amide bonds. The van der Waals surface area contributed by atoms with E-state index in [0.717, 1.165) is 43.9 Å². The summed E-state index contributed by atoms with van der Waals surface area (Å²) in [6, 6.07) is 7.56. The molecule has 7 heteroatoms. The van der Waals surface area contributed by atoms with Crippen LogP contribution in [0.5, 0.6) is 17.4 Å². The summed E-state index contributed by atoms with van der Waals surface area (Å²) < 4.78 is 13.2. The number of aryl methyl sites for hydroxylation is 2. The molecule has 1 aliphatic rings. The Morgan fingerprint density at radius 2 is 2.00 bits per heavy atom. The quantitative estimate of drug-likeness (QED) is 0.636. The number of methoxy groups -OCH3 is 1. The molecule has 1 saturated heterocycles. The average Bonchev–Trinajstić information content (AvgIpc) is 3.05. The molecular weight excluding hydrogens is 366 g/mol. The summed E-state index contributed by atoms with van der Waals surface area (Å²) in [6.45, 7) is 5.04. The van der Waals surface area contributed by atoms with Crippen molar-refractivity contribution in [3.8, 4) is 17.4 Å². The van der Waals surface area contributed by atoms with Crippen LogP contribution in [0.3, 0.4) is 0 Å². The van der Waals surface area contributed by atoms with Crippen LogP contribution in [0.2, 0.25) is 0 Å². The first kappa shape index (κ1) is 19.4. The first-order chi connectivity index (χ1) is 14.1. The van der Waals surface area contributed by atoms with Gasteiger partial charge in [0.1, 0.15) is 0 Å². The number of benzene rings is 1. The minimum absolute atomic E-state index is 0.342. The second-order valence-electron chi connectivity index (χ2n) is 7.52. The van der Waals surface area contributed by atoms with Crippen LogP contribution in [0.1, 0.15) is 35.7 Å². The largest absolute Gasteiger partial charge is 0.493 e. The standard InChI is InChI=1S/C22H27N5O2/c1-16-18(13-26(2)25-16)15-27-10-6-7-17(14-27)19-11-23-12-22(24-19)29-21-9-5-4-8-20(21)28-3/h4-5,8-9,11-13,17H,6-7,10,14-15H2,1-3H3/t17-/m1/s1. The van der Waals surface area contributed by atoms with Gasteiger partial charge < -0.3 is 9.47 Å². The fraction of sp³-hybridized carbons (Fsp3) is 0.409. The Balaban J connectivity index is 1.46. The SMILES string of the molecule is COc1ccccc1Oc1cncc([C@@H]2CCCN(Cc3cn(C)nc3C)C2)n1. The van der Waals surface area contributed by atoms with Gasteiger partial charge in [-0.3, -0.25) is 14.6 Å². The van der Waals surface area contributed by atoms with E-state index in [4.69, 9.17) is 14.5 Å². The van der Waals surface area contributed by atoms with E-state index in [9.17, 15) is 0 Å². The normalized spacial score (nSPS) is 17.3. The number of likely N-dealkylation sites (tertiary alicyclic amines) is 1. The molecule has 4 rings (SSSR count). The van der Waals surface area contributed by atoms with Crippen LogP contribution >= 0.6 is 0 Å². The van der Waals surface area contributed by atoms with Crippen molar-refractivity contribution in [2.75, 3.05) is 20.2 Å². The molecule has 1 aliphatic heterocycles. The van der Waals surface area contributed by atoms with Gasteiger partial charge >= 0.3 is 0 Å². The number of rotatable bonds is 6. The third-order valence-electron chi connectivity index (χ3n) is 5.35. The Morgan fingerprint density at radius 3 is 2.76 bits per heavy atom. The van der Waals surface area contributed by atoms with Gasteiger partial charge in [0, 0.05) is 44.0 Å². The van der Waals surface area contributed by atoms with E-state index in [1.54, 1.807) is 13.3 Å². The molecule has 0 saturated carbocycles. The molecule has 1 aromatic carbocycles. The van der Waals surface area contributed by atoms with Gasteiger partial charge in [0.15, 0.2) is 11.5 Å². The number of para-hydroxylation sites is 2. The monoisotopic (exact) mass is 393 g/mol. The number of nitrogens with zero attached hydrogens (tertiary/aromatic N) is 5. The van der Waals surface area contributed by atoms with Gasteiger partial charge in [0.2, 0.25) is 5.88 Å². The second-order valence-corrected chi connectivity index (χ2v) is 7.52. The zero-order valence-electron chi connectivity index (χ0n) is 17.2. The topological polar surface area (TPSA) is 65.3 Å². The molecule has 152 valence electrons. The minimum Gasteiger partial charge on any atom is -0.493 e. The Hall–Kier alpha value is -2.93. The van der Waals surface area contributed by atoms with Gasteiger partial charge in [-0.1, -0.05) is 12.1 Å². The summed E-state index contributed by atoms with van der Waals surface area (Å²) in [5.74, 6) is 2.15. The molecule has 0 spiro atoms. The van der Waals surface area contributed by atoms with Crippen molar-refractivity contribution >= 4 is 0 Å². The molecule has 0 radical (unpaired) electrons. The predicted octanol–water partition coefficient (Wildman–Crippen LogP) is 3.70. The highest BCUT2D eigenvalue weighted by atomic mass is 16.5. The molecule has 0 aliphatic carbocycles. The number of hydrogen-bond acceptors (Lipinski definition) is 6. The van der Waals surface area contributed by atoms with E-state index in [-0.39, 0.29) is 0 Å². The van der Waals surface area contributed by atoms with E-state index in [0.29, 0.717) is 23.3 Å². The molecule has 0 N–H and O–H groups in total. The van der Waals surface area contributed by atoms with Crippen LogP contribution in [-0.4, -0.2) is 44.8 Å². The van der Waals surface area contributed by atoms with Gasteiger partial charge in [0.05, 0.1) is 24.7 Å². The Kier molecular flexibility index (Phi) is 5.76. The predicted molar refractivity (Wildman–Crippen MR) is 110 cm³/mol. The third kappa shape index (κ3) is 4.56. The molecule has 0 unspecified atom stereocenters. The van der Waals surface area contributed by atoms with Crippen molar-refractivity contribution in [2.45, 2.75) is 32.2 Å². The first-order valence-electron chi connectivity index (χ1n) is 9.96. The maximum Gasteiger partial charge on any atom is 0.238 e. The van der Waals surface area contributed by atoms with Crippen molar-refractivity contribution in [3.05, 3.63) is 59.8 Å². The lowest BCUT2D eigenvalue weighted by Crippen LogP contribution is -2.34. The van der Waals surface area contributed by atoms with Crippen LogP contribution in [0.4, 0.5) is 0 Å². The Labute approximate surface area is 171 Å². The fourth-order valence-electron chi connectivity index (χ4n) is 3.91. The summed E-state index contributed by atoms with van der Waals surface area (Å²) in [7, 11) is 3.60. The van der Waals surface area contributed by atoms with Crippen molar-refractivity contribution in [1.29, 1.82) is 0 Å². The van der Waals surface area contributed by atoms with Crippen LogP contribution in [-0.2, 0) is 13.6 Å². The number of hydrogen-bond donors (Lipinski definition) is 0. The van der Waals surface area contributed by atoms with E-state index >= 15 is 0 Å². The van der Waals surface area contributed by atoms with Crippen LogP contribution < -0.4 is 9.47 Å². The molecule has 3 aromatic rings. The first-order valence-corrected chi connectivity index (χ1v) is 9.96. The summed E-state index contributed by atoms with van der Waals surface area (Å²) >= 11 is 0. The van der Waals surface area contributed by atoms with Crippen molar-refractivity contribution in [2.24, 2.45) is 7.05 Å². The summed E-state index contributed by atoms with van der Waals surface area (Å²) in [4.78, 5) is 11.6. The smallest absolute Gasteiger partial charge is 0.238 e. The Morgan fingerprint density at radius 1 is 1.17 bits per heavy atom. The molecule has 3 heterocycles. The fourth-order valence-corrected chi connectivity index (χ4v) is 3.91. The van der Waals surface area contributed by atoms with Gasteiger partial charge in [-0.15, -0.1) is 0 Å². The molecule has 1 fully saturated rings. The number of piperidine rings is 1. The summed E-state index contributed by atoms with van der Waals surface area (Å²) in [5, 5.41) is 4.46. The van der Waals surface area contributed by atoms with E-state index < -0.39 is 0 Å². The van der Waals surface area contributed by atoms with Gasteiger partial charge in [0.25, 0.3) is 0 Å². The number of ether oxygens (including phenoxy) is 2. The lowest BCUT2D eigenvalue weighted by Gasteiger charge is -2.32. The highest BCUT2D eigenvalue weighted by molar-refractivity contribution is 5.41. The van der Waals surface area contributed by atoms with E-state index in [1.165, 1.54) is 5.56 Å². The molecule has 0 bridgehead atoms. The second kappa shape index (κ2) is 8.61. The zero-order valence-corrected chi connectivity index (χ0v) is 17.2. The van der Waals surface area contributed by atoms with Gasteiger partial charge in [-0.25, -0.2) is 4.98 Å². The molecule has 1 atom stereocenters. The molecule has 2 aromatic heterocycles. The molecule has 29 heavy (non-hydrogen) atoms. The molecular formula is C22H27N5O2.